The van der Waals surface area contributed by atoms with Crippen LogP contribution in [0.2, 0.25) is 0 Å². The van der Waals surface area contributed by atoms with E-state index in [0.717, 1.165) is 11.8 Å². The van der Waals surface area contributed by atoms with E-state index in [2.05, 4.69) is 0 Å². The summed E-state index contributed by atoms with van der Waals surface area (Å²) in [5, 5.41) is 270. The molecule has 30 saturated heterocycles. The number of carbonyl (C=O) groups is 1. The standard InChI is InChI=1S/C55H84O41S.Na/c56-5-14-39-23(63)31(71)48(81-14)90-40-15(6-57)83-50(33(73)25(40)65)92-42-17(8-59)85-52(35(75)27(42)67)94-44-19(10-61)87-54(37(77)29(44)69)96-46-21(12-97-22-4-2-1-3-13(22)47(79)80)88-55(38(78)30(46)70)95-45-20(11-62)86-53(36(76)28(45)68)93-43-18(9-60)84-51(34(74)26(43)66)91-41-16(7-58)82-49(89-39)32(72)24(41)64;/h1-4,14-21,23-46,48-78H,5-12H2,(H,79,80);/q;+1/p-1/t14?,15?,16?,17?,18?,19?,20?,21?,23?,24?,25?,26?,27?,28?,29?,30?,31?,32?,33?,34?,35?,36?,37?,38?,39-,40-,41-,42-,43-,44-,45-,46-,48-,49-,50-,51-,52-,53-,54-,55-;/m1./s1. The first-order chi connectivity index (χ1) is 46.2. The Balaban J connectivity index is 0.0000112. The second-order valence-electron chi connectivity index (χ2n) is 24.4. The van der Waals surface area contributed by atoms with E-state index in [1.807, 2.05) is 0 Å². The molecule has 0 saturated carbocycles. The van der Waals surface area contributed by atoms with Crippen LogP contribution in [0.1, 0.15) is 10.4 Å². The van der Waals surface area contributed by atoms with Crippen molar-refractivity contribution in [2.45, 2.75) is 251 Å². The molecule has 40 atom stereocenters. The Bertz CT molecular complexity index is 2640. The third-order valence-corrected chi connectivity index (χ3v) is 19.4. The number of ether oxygens (including phenoxy) is 16. The molecule has 30 aliphatic rings. The maximum atomic E-state index is 12.1. The van der Waals surface area contributed by atoms with Gasteiger partial charge in [0.25, 0.3) is 0 Å². The van der Waals surface area contributed by atoms with Crippen LogP contribution < -0.4 is 34.7 Å². The molecule has 16 bridgehead atoms. The van der Waals surface area contributed by atoms with E-state index in [9.17, 15) is 127 Å². The van der Waals surface area contributed by atoms with E-state index in [-0.39, 0.29) is 40.0 Å². The van der Waals surface area contributed by atoms with Gasteiger partial charge >= 0.3 is 29.6 Å². The molecule has 41 nitrogen and oxygen atoms in total. The number of thioether (sulfide) groups is 1. The molecule has 98 heavy (non-hydrogen) atoms. The van der Waals surface area contributed by atoms with Gasteiger partial charge in [-0.2, -0.15) is 0 Å². The summed E-state index contributed by atoms with van der Waals surface area (Å²) in [6.07, 6.45) is -83.0. The first kappa shape index (κ1) is 80.6. The maximum Gasteiger partial charge on any atom is 1.00 e. The van der Waals surface area contributed by atoms with E-state index in [1.165, 1.54) is 24.3 Å². The van der Waals surface area contributed by atoms with Crippen molar-refractivity contribution in [3.63, 3.8) is 0 Å². The fourth-order valence-corrected chi connectivity index (χ4v) is 13.9. The molecule has 23 N–H and O–H groups in total. The SMILES string of the molecule is O=C([O-])c1ccccc1SCC1O[C@@H]2O[C@@H]3C(CO)O[C@H](O[C@@H]4C(CO)O[C@H](O[C@@H]5C(CO)O[C@H](O[C@@H]6C(CO)O[C@H](O[C@@H]7C(CO)O[C@H](O[C@@H]8C(CO)O[C@H](O[C@@H]9C(CO)O[C@H](O[C@H]1C(O)C2O)C(O)C9O)C(O)C8O)C(O)C7O)C(O)C6O)C(O)C5O)C(O)C4O)C(O)C3O.[Na+]. The minimum absolute atomic E-state index is 0. The molecule has 0 radical (unpaired) electrons. The van der Waals surface area contributed by atoms with Gasteiger partial charge in [-0.05, 0) is 6.07 Å². The van der Waals surface area contributed by atoms with Gasteiger partial charge in [-0.25, -0.2) is 0 Å². The summed E-state index contributed by atoms with van der Waals surface area (Å²) in [4.78, 5) is 12.2. The van der Waals surface area contributed by atoms with Crippen molar-refractivity contribution < 1.29 is 233 Å². The Morgan fingerprint density at radius 1 is 0.286 bits per heavy atom. The van der Waals surface area contributed by atoms with Crippen LogP contribution in [0.15, 0.2) is 29.2 Å². The predicted molar refractivity (Wildman–Crippen MR) is 295 cm³/mol. The van der Waals surface area contributed by atoms with Crippen molar-refractivity contribution in [2.75, 3.05) is 52.0 Å². The molecular formula is C55H83NaO41S. The Kier molecular flexibility index (Phi) is 28.6. The number of aromatic carboxylic acids is 1. The second kappa shape index (κ2) is 34.8. The molecule has 1 aromatic carbocycles. The van der Waals surface area contributed by atoms with Crippen LogP contribution in [-0.2, 0) is 75.8 Å². The van der Waals surface area contributed by atoms with Gasteiger partial charge in [-0.3, -0.25) is 0 Å². The number of benzene rings is 1. The van der Waals surface area contributed by atoms with Crippen LogP contribution in [0, 0.1) is 0 Å². The zero-order valence-corrected chi connectivity index (χ0v) is 54.4. The Morgan fingerprint density at radius 2 is 0.459 bits per heavy atom. The van der Waals surface area contributed by atoms with Gasteiger partial charge in [-0.15, -0.1) is 11.8 Å². The zero-order valence-electron chi connectivity index (χ0n) is 51.6. The molecule has 30 aliphatic heterocycles. The van der Waals surface area contributed by atoms with Gasteiger partial charge in [0, 0.05) is 16.2 Å². The predicted octanol–water partition coefficient (Wildman–Crippen LogP) is -19.2. The largest absolute Gasteiger partial charge is 1.00 e. The molecule has 0 aliphatic carbocycles. The maximum absolute atomic E-state index is 12.1. The molecule has 0 spiro atoms. The van der Waals surface area contributed by atoms with Crippen LogP contribution in [0.5, 0.6) is 0 Å². The zero-order chi connectivity index (χ0) is 70.3. The number of carboxylic acids is 1. The van der Waals surface area contributed by atoms with Crippen molar-refractivity contribution in [2.24, 2.45) is 0 Å². The molecule has 24 unspecified atom stereocenters. The van der Waals surface area contributed by atoms with Crippen LogP contribution in [-0.4, -0.2) is 421 Å². The number of aliphatic hydroxyl groups is 23. The first-order valence-electron chi connectivity index (χ1n) is 30.8. The molecule has 30 fully saturated rings. The van der Waals surface area contributed by atoms with Crippen LogP contribution in [0.4, 0.5) is 0 Å². The molecule has 0 amide bonds. The van der Waals surface area contributed by atoms with E-state index in [4.69, 9.17) is 75.8 Å². The second-order valence-corrected chi connectivity index (χ2v) is 25.4. The molecule has 30 heterocycles. The number of hydrogen-bond acceptors (Lipinski definition) is 42. The summed E-state index contributed by atoms with van der Waals surface area (Å²) in [6, 6.07) is 5.40. The van der Waals surface area contributed by atoms with Gasteiger partial charge in [0.05, 0.1) is 58.3 Å². The van der Waals surface area contributed by atoms with E-state index >= 15 is 0 Å². The Morgan fingerprint density at radius 3 is 0.643 bits per heavy atom. The summed E-state index contributed by atoms with van der Waals surface area (Å²) in [7, 11) is 0. The third-order valence-electron chi connectivity index (χ3n) is 18.2. The molecule has 556 valence electrons. The van der Waals surface area contributed by atoms with E-state index in [1.54, 1.807) is 0 Å². The van der Waals surface area contributed by atoms with Crippen molar-refractivity contribution in [1.29, 1.82) is 0 Å². The average molecular weight is 1460 g/mol. The summed E-state index contributed by atoms with van der Waals surface area (Å²) in [6.45, 7) is -7.71. The minimum Gasteiger partial charge on any atom is -0.545 e. The van der Waals surface area contributed by atoms with Gasteiger partial charge in [0.15, 0.2) is 50.3 Å². The van der Waals surface area contributed by atoms with Gasteiger partial charge in [-0.1, -0.05) is 18.2 Å². The van der Waals surface area contributed by atoms with Gasteiger partial charge in [0.2, 0.25) is 0 Å². The monoisotopic (exact) mass is 1450 g/mol. The first-order valence-corrected chi connectivity index (χ1v) is 31.8. The summed E-state index contributed by atoms with van der Waals surface area (Å²) in [5.74, 6) is -2.08. The van der Waals surface area contributed by atoms with Crippen LogP contribution in [0.25, 0.3) is 0 Å². The number of carbonyl (C=O) groups excluding carboxylic acids is 1. The smallest absolute Gasteiger partial charge is 0.545 e. The van der Waals surface area contributed by atoms with Crippen molar-refractivity contribution >= 4 is 17.7 Å². The van der Waals surface area contributed by atoms with Crippen molar-refractivity contribution in [3.05, 3.63) is 29.8 Å². The molecule has 43 heteroatoms. The van der Waals surface area contributed by atoms with E-state index < -0.39 is 304 Å². The fraction of sp³-hybridized carbons (Fsp3) is 0.873. The number of rotatable bonds is 11. The molecular weight excluding hydrogens is 1370 g/mol. The van der Waals surface area contributed by atoms with E-state index in [0.29, 0.717) is 0 Å². The normalized spacial score (nSPS) is 50.7. The number of carboxylic acid groups (broad SMARTS) is 1. The summed E-state index contributed by atoms with van der Waals surface area (Å²) in [5.41, 5.74) is -0.325. The van der Waals surface area contributed by atoms with Crippen molar-refractivity contribution in [1.82, 2.24) is 0 Å². The number of aliphatic hydroxyl groups excluding tert-OH is 23. The third kappa shape index (κ3) is 16.4. The van der Waals surface area contributed by atoms with Crippen LogP contribution >= 0.6 is 11.8 Å². The average Bonchev–Trinajstić information content (AvgIpc) is 0.777. The van der Waals surface area contributed by atoms with Gasteiger partial charge < -0.3 is 203 Å². The quantitative estimate of drug-likeness (QED) is 0.0723. The van der Waals surface area contributed by atoms with Crippen molar-refractivity contribution in [3.8, 4) is 0 Å². The summed E-state index contributed by atoms with van der Waals surface area (Å²) >= 11 is 0.753. The Hall–Kier alpha value is -1.52. The Labute approximate surface area is 580 Å². The van der Waals surface area contributed by atoms with Gasteiger partial charge in [0.1, 0.15) is 189 Å². The minimum atomic E-state index is -2.30. The van der Waals surface area contributed by atoms with Crippen LogP contribution in [0.3, 0.4) is 0 Å². The summed E-state index contributed by atoms with van der Waals surface area (Å²) < 4.78 is 92.7. The number of hydrogen-bond donors (Lipinski definition) is 23. The topological polar surface area (TPSA) is 653 Å². The fourth-order valence-electron chi connectivity index (χ4n) is 12.8. The molecule has 31 rings (SSSR count). The molecule has 0 aromatic heterocycles. The molecule has 1 aromatic rings.